The van der Waals surface area contributed by atoms with Gasteiger partial charge in [-0.15, -0.1) is 0 Å². The standard InChI is InChI=1S/C13H17ClFNO/c1-8-7-9(10-5-3-4-6-16-10)12(15)13(17-2)11(8)14/h7,10,16H,3-6H2,1-2H3. The molecule has 1 aromatic rings. The fourth-order valence-electron chi connectivity index (χ4n) is 2.32. The second kappa shape index (κ2) is 5.23. The van der Waals surface area contributed by atoms with Crippen molar-refractivity contribution in [3.05, 3.63) is 28.0 Å². The summed E-state index contributed by atoms with van der Waals surface area (Å²) in [6.45, 7) is 2.81. The molecule has 0 spiro atoms. The molecule has 0 aliphatic carbocycles. The van der Waals surface area contributed by atoms with Crippen LogP contribution in [-0.2, 0) is 0 Å². The first-order valence-corrected chi connectivity index (χ1v) is 6.28. The van der Waals surface area contributed by atoms with Gasteiger partial charge >= 0.3 is 0 Å². The molecule has 1 N–H and O–H groups in total. The lowest BCUT2D eigenvalue weighted by molar-refractivity contribution is 0.366. The summed E-state index contributed by atoms with van der Waals surface area (Å²) in [5.41, 5.74) is 1.52. The maximum Gasteiger partial charge on any atom is 0.173 e. The van der Waals surface area contributed by atoms with Gasteiger partial charge in [0.25, 0.3) is 0 Å². The third-order valence-corrected chi connectivity index (χ3v) is 3.73. The van der Waals surface area contributed by atoms with Crippen molar-refractivity contribution in [2.45, 2.75) is 32.2 Å². The van der Waals surface area contributed by atoms with Crippen molar-refractivity contribution in [2.24, 2.45) is 0 Å². The van der Waals surface area contributed by atoms with Crippen molar-refractivity contribution in [1.29, 1.82) is 0 Å². The molecule has 0 radical (unpaired) electrons. The Balaban J connectivity index is 2.42. The maximum atomic E-state index is 14.2. The van der Waals surface area contributed by atoms with Crippen LogP contribution in [0, 0.1) is 12.7 Å². The molecule has 0 amide bonds. The quantitative estimate of drug-likeness (QED) is 0.874. The van der Waals surface area contributed by atoms with E-state index in [0.29, 0.717) is 10.6 Å². The molecule has 1 aliphatic heterocycles. The number of hydrogen-bond acceptors (Lipinski definition) is 2. The summed E-state index contributed by atoms with van der Waals surface area (Å²) in [5.74, 6) is -0.170. The van der Waals surface area contributed by atoms with Crippen molar-refractivity contribution in [2.75, 3.05) is 13.7 Å². The van der Waals surface area contributed by atoms with Crippen LogP contribution in [0.15, 0.2) is 6.07 Å². The number of aryl methyl sites for hydroxylation is 1. The molecule has 1 fully saturated rings. The summed E-state index contributed by atoms with van der Waals surface area (Å²) < 4.78 is 19.3. The number of hydrogen-bond donors (Lipinski definition) is 1. The lowest BCUT2D eigenvalue weighted by Crippen LogP contribution is -2.27. The molecule has 17 heavy (non-hydrogen) atoms. The number of piperidine rings is 1. The van der Waals surface area contributed by atoms with Crippen LogP contribution >= 0.6 is 11.6 Å². The summed E-state index contributed by atoms with van der Waals surface area (Å²) >= 11 is 6.02. The SMILES string of the molecule is COc1c(F)c(C2CCCCN2)cc(C)c1Cl. The van der Waals surface area contributed by atoms with Gasteiger partial charge in [-0.05, 0) is 37.9 Å². The van der Waals surface area contributed by atoms with Gasteiger partial charge in [0.05, 0.1) is 12.1 Å². The monoisotopic (exact) mass is 257 g/mol. The van der Waals surface area contributed by atoms with Crippen LogP contribution in [0.5, 0.6) is 5.75 Å². The van der Waals surface area contributed by atoms with Gasteiger partial charge in [0.1, 0.15) is 0 Å². The second-order valence-corrected chi connectivity index (χ2v) is 4.82. The van der Waals surface area contributed by atoms with Crippen LogP contribution in [-0.4, -0.2) is 13.7 Å². The van der Waals surface area contributed by atoms with E-state index < -0.39 is 0 Å². The van der Waals surface area contributed by atoms with Gasteiger partial charge in [-0.25, -0.2) is 4.39 Å². The Labute approximate surface area is 106 Å². The fraction of sp³-hybridized carbons (Fsp3) is 0.538. The molecule has 1 unspecified atom stereocenters. The van der Waals surface area contributed by atoms with Crippen LogP contribution in [0.1, 0.15) is 36.4 Å². The van der Waals surface area contributed by atoms with E-state index in [1.165, 1.54) is 7.11 Å². The second-order valence-electron chi connectivity index (χ2n) is 4.45. The van der Waals surface area contributed by atoms with E-state index in [9.17, 15) is 4.39 Å². The smallest absolute Gasteiger partial charge is 0.173 e. The van der Waals surface area contributed by atoms with Gasteiger partial charge in [0.15, 0.2) is 11.6 Å². The molecule has 94 valence electrons. The first-order chi connectivity index (χ1) is 8.15. The zero-order chi connectivity index (χ0) is 12.4. The molecule has 4 heteroatoms. The third-order valence-electron chi connectivity index (χ3n) is 3.26. The van der Waals surface area contributed by atoms with E-state index >= 15 is 0 Å². The average molecular weight is 258 g/mol. The first-order valence-electron chi connectivity index (χ1n) is 5.91. The molecule has 2 rings (SSSR count). The summed E-state index contributed by atoms with van der Waals surface area (Å²) in [4.78, 5) is 0. The Kier molecular flexibility index (Phi) is 3.89. The van der Waals surface area contributed by atoms with E-state index in [4.69, 9.17) is 16.3 Å². The zero-order valence-electron chi connectivity index (χ0n) is 10.1. The zero-order valence-corrected chi connectivity index (χ0v) is 10.9. The number of halogens is 2. The molecule has 0 aromatic heterocycles. The largest absolute Gasteiger partial charge is 0.492 e. The number of rotatable bonds is 2. The van der Waals surface area contributed by atoms with E-state index in [-0.39, 0.29) is 17.6 Å². The Hall–Kier alpha value is -0.800. The van der Waals surface area contributed by atoms with Crippen LogP contribution < -0.4 is 10.1 Å². The average Bonchev–Trinajstić information content (AvgIpc) is 2.36. The lowest BCUT2D eigenvalue weighted by atomic mass is 9.95. The highest BCUT2D eigenvalue weighted by Crippen LogP contribution is 2.37. The van der Waals surface area contributed by atoms with Gasteiger partial charge in [-0.2, -0.15) is 0 Å². The Morgan fingerprint density at radius 2 is 2.24 bits per heavy atom. The van der Waals surface area contributed by atoms with Gasteiger partial charge in [0, 0.05) is 11.6 Å². The van der Waals surface area contributed by atoms with Crippen LogP contribution in [0.4, 0.5) is 4.39 Å². The topological polar surface area (TPSA) is 21.3 Å². The van der Waals surface area contributed by atoms with Crippen molar-refractivity contribution in [1.82, 2.24) is 5.32 Å². The number of benzene rings is 1. The fourth-order valence-corrected chi connectivity index (χ4v) is 2.53. The summed E-state index contributed by atoms with van der Waals surface area (Å²) in [6, 6.07) is 1.90. The molecule has 1 heterocycles. The third kappa shape index (κ3) is 2.40. The Bertz CT molecular complexity index is 416. The molecular formula is C13H17ClFNO. The van der Waals surface area contributed by atoms with Gasteiger partial charge in [-0.3, -0.25) is 0 Å². The minimum absolute atomic E-state index is 0.0774. The summed E-state index contributed by atoms with van der Waals surface area (Å²) in [5, 5.41) is 3.70. The summed E-state index contributed by atoms with van der Waals surface area (Å²) in [6.07, 6.45) is 3.24. The van der Waals surface area contributed by atoms with Crippen LogP contribution in [0.3, 0.4) is 0 Å². The van der Waals surface area contributed by atoms with Gasteiger partial charge in [-0.1, -0.05) is 18.0 Å². The Morgan fingerprint density at radius 1 is 1.47 bits per heavy atom. The van der Waals surface area contributed by atoms with Crippen molar-refractivity contribution in [3.63, 3.8) is 0 Å². The molecule has 1 saturated heterocycles. The molecule has 1 aliphatic rings. The number of nitrogens with one attached hydrogen (secondary N) is 1. The molecule has 1 aromatic carbocycles. The van der Waals surface area contributed by atoms with E-state index in [2.05, 4.69) is 5.32 Å². The van der Waals surface area contributed by atoms with Crippen molar-refractivity contribution < 1.29 is 9.13 Å². The predicted molar refractivity (Wildman–Crippen MR) is 67.3 cm³/mol. The number of ether oxygens (including phenoxy) is 1. The highest BCUT2D eigenvalue weighted by atomic mass is 35.5. The molecule has 0 saturated carbocycles. The van der Waals surface area contributed by atoms with E-state index in [0.717, 1.165) is 31.4 Å². The van der Waals surface area contributed by atoms with Gasteiger partial charge in [0.2, 0.25) is 0 Å². The summed E-state index contributed by atoms with van der Waals surface area (Å²) in [7, 11) is 1.45. The predicted octanol–water partition coefficient (Wildman–Crippen LogP) is 3.61. The minimum atomic E-state index is -0.331. The Morgan fingerprint density at radius 3 is 2.82 bits per heavy atom. The first kappa shape index (κ1) is 12.7. The highest BCUT2D eigenvalue weighted by Gasteiger charge is 2.23. The highest BCUT2D eigenvalue weighted by molar-refractivity contribution is 6.32. The number of methoxy groups -OCH3 is 1. The molecular weight excluding hydrogens is 241 g/mol. The molecule has 0 bridgehead atoms. The maximum absolute atomic E-state index is 14.2. The lowest BCUT2D eigenvalue weighted by Gasteiger charge is -2.25. The van der Waals surface area contributed by atoms with Crippen molar-refractivity contribution in [3.8, 4) is 5.75 Å². The van der Waals surface area contributed by atoms with Crippen LogP contribution in [0.25, 0.3) is 0 Å². The normalized spacial score (nSPS) is 20.4. The minimum Gasteiger partial charge on any atom is -0.492 e. The van der Waals surface area contributed by atoms with E-state index in [1.54, 1.807) is 0 Å². The van der Waals surface area contributed by atoms with E-state index in [1.807, 2.05) is 13.0 Å². The molecule has 1 atom stereocenters. The van der Waals surface area contributed by atoms with Crippen LogP contribution in [0.2, 0.25) is 5.02 Å². The van der Waals surface area contributed by atoms with Gasteiger partial charge < -0.3 is 10.1 Å². The molecule has 2 nitrogen and oxygen atoms in total. The van der Waals surface area contributed by atoms with Crippen molar-refractivity contribution >= 4 is 11.6 Å².